The van der Waals surface area contributed by atoms with E-state index >= 15 is 0 Å². The molecular weight excluding hydrogens is 386 g/mol. The molecule has 2 saturated heterocycles. The van der Waals surface area contributed by atoms with Gasteiger partial charge in [0.15, 0.2) is 11.6 Å². The fourth-order valence-electron chi connectivity index (χ4n) is 3.42. The lowest BCUT2D eigenvalue weighted by atomic mass is 10.1. The maximum Gasteiger partial charge on any atom is 0.160 e. The zero-order valence-corrected chi connectivity index (χ0v) is 19.2. The first-order valence-electron chi connectivity index (χ1n) is 11.3. The molecule has 0 bridgehead atoms. The Balaban J connectivity index is 0.00000132. The van der Waals surface area contributed by atoms with Crippen LogP contribution in [0.3, 0.4) is 0 Å². The van der Waals surface area contributed by atoms with Crippen molar-refractivity contribution >= 4 is 29.6 Å². The zero-order chi connectivity index (χ0) is 22.1. The van der Waals surface area contributed by atoms with Crippen LogP contribution in [0.4, 0.5) is 11.6 Å². The van der Waals surface area contributed by atoms with E-state index in [0.717, 1.165) is 56.2 Å². The van der Waals surface area contributed by atoms with Crippen LogP contribution in [0.25, 0.3) is 12.2 Å². The van der Waals surface area contributed by atoms with Crippen LogP contribution in [0.1, 0.15) is 45.0 Å². The smallest absolute Gasteiger partial charge is 0.160 e. The summed E-state index contributed by atoms with van der Waals surface area (Å²) in [4.78, 5) is 18.9. The lowest BCUT2D eigenvalue weighted by molar-refractivity contribution is 0.312. The van der Waals surface area contributed by atoms with E-state index in [1.807, 2.05) is 50.3 Å². The van der Waals surface area contributed by atoms with Crippen LogP contribution in [-0.4, -0.2) is 60.0 Å². The summed E-state index contributed by atoms with van der Waals surface area (Å²) < 4.78 is 0. The molecule has 1 aromatic heterocycles. The van der Waals surface area contributed by atoms with Crippen LogP contribution in [0.15, 0.2) is 41.4 Å². The van der Waals surface area contributed by atoms with Gasteiger partial charge in [-0.1, -0.05) is 50.3 Å². The van der Waals surface area contributed by atoms with E-state index in [-0.39, 0.29) is 0 Å². The Morgan fingerprint density at radius 2 is 1.77 bits per heavy atom. The Bertz CT molecular complexity index is 861. The van der Waals surface area contributed by atoms with E-state index < -0.39 is 0 Å². The number of nitrogens with zero attached hydrogens (tertiary/aromatic N) is 5. The first kappa shape index (κ1) is 22.9. The summed E-state index contributed by atoms with van der Waals surface area (Å²) in [7, 11) is 2.16. The molecule has 0 saturated carbocycles. The average Bonchev–Trinajstić information content (AvgIpc) is 2.82. The Hall–Kier alpha value is -2.77. The molecule has 2 aliphatic heterocycles. The van der Waals surface area contributed by atoms with Gasteiger partial charge in [-0.15, -0.1) is 0 Å². The number of piperazine rings is 1. The number of benzene rings is 1. The Morgan fingerprint density at radius 1 is 1.03 bits per heavy atom. The molecular formula is C24H35N7. The Labute approximate surface area is 186 Å². The van der Waals surface area contributed by atoms with Gasteiger partial charge in [0.25, 0.3) is 0 Å². The summed E-state index contributed by atoms with van der Waals surface area (Å²) in [5.74, 6) is 3.24. The molecule has 0 radical (unpaired) electrons. The fourth-order valence-corrected chi connectivity index (χ4v) is 3.42. The average molecular weight is 422 g/mol. The molecule has 4 rings (SSSR count). The number of aliphatic imine (C=N–C) groups is 1. The molecule has 2 aromatic rings. The Morgan fingerprint density at radius 3 is 2.45 bits per heavy atom. The predicted octanol–water partition coefficient (Wildman–Crippen LogP) is 3.73. The number of hydrogen-bond acceptors (Lipinski definition) is 6. The molecule has 2 N–H and O–H groups in total. The van der Waals surface area contributed by atoms with Gasteiger partial charge in [0.1, 0.15) is 11.7 Å². The minimum absolute atomic E-state index is 0.449. The van der Waals surface area contributed by atoms with Gasteiger partial charge >= 0.3 is 0 Å². The van der Waals surface area contributed by atoms with Crippen LogP contribution in [0.2, 0.25) is 0 Å². The number of hydrogen-bond donors (Lipinski definition) is 2. The van der Waals surface area contributed by atoms with E-state index in [2.05, 4.69) is 51.7 Å². The van der Waals surface area contributed by atoms with Crippen molar-refractivity contribution in [1.29, 1.82) is 0 Å². The van der Waals surface area contributed by atoms with Gasteiger partial charge in [0, 0.05) is 44.7 Å². The molecule has 166 valence electrons. The summed E-state index contributed by atoms with van der Waals surface area (Å²) >= 11 is 0. The lowest BCUT2D eigenvalue weighted by Gasteiger charge is -2.33. The second-order valence-electron chi connectivity index (χ2n) is 7.74. The number of aromatic nitrogens is 2. The number of nitrogens with one attached hydrogen (secondary N) is 2. The number of anilines is 1. The maximum atomic E-state index is 4.81. The van der Waals surface area contributed by atoms with Crippen molar-refractivity contribution in [2.24, 2.45) is 4.99 Å². The topological polar surface area (TPSA) is 68.7 Å². The van der Waals surface area contributed by atoms with Crippen LogP contribution >= 0.6 is 0 Å². The molecule has 31 heavy (non-hydrogen) atoms. The monoisotopic (exact) mass is 421 g/mol. The zero-order valence-electron chi connectivity index (χ0n) is 19.2. The van der Waals surface area contributed by atoms with Crippen molar-refractivity contribution in [3.05, 3.63) is 47.8 Å². The van der Waals surface area contributed by atoms with Gasteiger partial charge in [-0.3, -0.25) is 0 Å². The molecule has 2 fully saturated rings. The van der Waals surface area contributed by atoms with Crippen molar-refractivity contribution < 1.29 is 0 Å². The molecule has 1 atom stereocenters. The number of likely N-dealkylation sites (N-methyl/N-ethyl adjacent to an activating group) is 1. The molecule has 3 heterocycles. The number of rotatable bonds is 4. The quantitative estimate of drug-likeness (QED) is 0.784. The summed E-state index contributed by atoms with van der Waals surface area (Å²) in [6, 6.07) is 12.7. The highest BCUT2D eigenvalue weighted by Gasteiger charge is 2.17. The van der Waals surface area contributed by atoms with E-state index in [1.165, 1.54) is 0 Å². The summed E-state index contributed by atoms with van der Waals surface area (Å²) in [5, 5.41) is 0. The SMILES string of the molecule is CC.CC1CC/C(=N\c2cc(N3CCN(C)CC3)nc(/C=C/c3ccccc3)n2)NN1. The van der Waals surface area contributed by atoms with E-state index in [1.54, 1.807) is 0 Å². The summed E-state index contributed by atoms with van der Waals surface area (Å²) in [5.41, 5.74) is 7.57. The molecule has 0 amide bonds. The van der Waals surface area contributed by atoms with Crippen molar-refractivity contribution in [2.45, 2.75) is 39.7 Å². The van der Waals surface area contributed by atoms with Crippen molar-refractivity contribution in [1.82, 2.24) is 25.7 Å². The van der Waals surface area contributed by atoms with E-state index in [4.69, 9.17) is 9.98 Å². The first-order chi connectivity index (χ1) is 15.2. The third-order valence-electron chi connectivity index (χ3n) is 5.29. The van der Waals surface area contributed by atoms with Gasteiger partial charge in [-0.05, 0) is 32.0 Å². The van der Waals surface area contributed by atoms with Crippen molar-refractivity contribution in [2.75, 3.05) is 38.1 Å². The molecule has 1 unspecified atom stereocenters. The lowest BCUT2D eigenvalue weighted by Crippen LogP contribution is -2.47. The van der Waals surface area contributed by atoms with E-state index in [0.29, 0.717) is 17.7 Å². The molecule has 7 nitrogen and oxygen atoms in total. The molecule has 1 aromatic carbocycles. The van der Waals surface area contributed by atoms with Gasteiger partial charge in [0.05, 0.1) is 0 Å². The third-order valence-corrected chi connectivity index (χ3v) is 5.29. The first-order valence-corrected chi connectivity index (χ1v) is 11.3. The highest BCUT2D eigenvalue weighted by atomic mass is 15.4. The maximum absolute atomic E-state index is 4.81. The van der Waals surface area contributed by atoms with Gasteiger partial charge in [0.2, 0.25) is 0 Å². The number of hydrazine groups is 1. The van der Waals surface area contributed by atoms with Crippen LogP contribution in [0.5, 0.6) is 0 Å². The minimum atomic E-state index is 0.449. The summed E-state index contributed by atoms with van der Waals surface area (Å²) in [6.45, 7) is 10.1. The fraction of sp³-hybridized carbons (Fsp3) is 0.458. The van der Waals surface area contributed by atoms with Crippen LogP contribution in [-0.2, 0) is 0 Å². The third kappa shape index (κ3) is 6.87. The van der Waals surface area contributed by atoms with Gasteiger partial charge in [-0.2, -0.15) is 0 Å². The predicted molar refractivity (Wildman–Crippen MR) is 131 cm³/mol. The van der Waals surface area contributed by atoms with Crippen molar-refractivity contribution in [3.63, 3.8) is 0 Å². The minimum Gasteiger partial charge on any atom is -0.354 e. The molecule has 2 aliphatic rings. The van der Waals surface area contributed by atoms with Crippen LogP contribution < -0.4 is 15.8 Å². The second-order valence-corrected chi connectivity index (χ2v) is 7.74. The molecule has 7 heteroatoms. The highest BCUT2D eigenvalue weighted by Crippen LogP contribution is 2.21. The van der Waals surface area contributed by atoms with Gasteiger partial charge in [-0.25, -0.2) is 20.4 Å². The second kappa shape index (κ2) is 11.6. The molecule has 0 spiro atoms. The highest BCUT2D eigenvalue weighted by molar-refractivity contribution is 5.84. The van der Waals surface area contributed by atoms with Gasteiger partial charge < -0.3 is 15.2 Å². The number of amidine groups is 1. The van der Waals surface area contributed by atoms with Crippen LogP contribution in [0, 0.1) is 0 Å². The largest absolute Gasteiger partial charge is 0.354 e. The Kier molecular flexibility index (Phi) is 8.55. The normalized spacial score (nSPS) is 21.0. The molecule has 0 aliphatic carbocycles. The van der Waals surface area contributed by atoms with Crippen molar-refractivity contribution in [3.8, 4) is 0 Å². The van der Waals surface area contributed by atoms with E-state index in [9.17, 15) is 0 Å². The summed E-state index contributed by atoms with van der Waals surface area (Å²) in [6.07, 6.45) is 5.98. The standard InChI is InChI=1S/C22H29N7.C2H6/c1-17-8-10-20(27-26-17)24-21-16-22(29-14-12-28(2)13-15-29)25-19(23-21)11-9-18-6-4-3-5-7-18;1-2/h3-7,9,11,16-17,26H,8,10,12-15H2,1-2H3,(H,23,24,25,27);1-2H3/b11-9+;.